The SMILES string of the molecule is c1ccc(C(c2ccccc2)N2CCN(Cc3nnc(-c4ccco4)o3)CC2)cc1. The van der Waals surface area contributed by atoms with Crippen molar-refractivity contribution in [3.8, 4) is 11.7 Å². The van der Waals surface area contributed by atoms with Crippen LogP contribution in [0.15, 0.2) is 87.9 Å². The summed E-state index contributed by atoms with van der Waals surface area (Å²) in [5.41, 5.74) is 2.66. The fraction of sp³-hybridized carbons (Fsp3) is 0.250. The summed E-state index contributed by atoms with van der Waals surface area (Å²) < 4.78 is 11.1. The zero-order chi connectivity index (χ0) is 20.2. The first kappa shape index (κ1) is 18.8. The third-order valence-corrected chi connectivity index (χ3v) is 5.56. The Bertz CT molecular complexity index is 1000. The Labute approximate surface area is 175 Å². The molecule has 152 valence electrons. The number of aromatic nitrogens is 2. The standard InChI is InChI=1S/C24H24N4O2/c1-3-8-19(9-4-1)23(20-10-5-2-6-11-20)28-15-13-27(14-16-28)18-22-25-26-24(30-22)21-12-7-17-29-21/h1-12,17,23H,13-16,18H2. The fourth-order valence-electron chi connectivity index (χ4n) is 4.07. The van der Waals surface area contributed by atoms with Crippen molar-refractivity contribution in [2.75, 3.05) is 26.2 Å². The topological polar surface area (TPSA) is 58.5 Å². The van der Waals surface area contributed by atoms with E-state index in [0.717, 1.165) is 26.2 Å². The summed E-state index contributed by atoms with van der Waals surface area (Å²) in [6, 6.07) is 25.4. The van der Waals surface area contributed by atoms with Gasteiger partial charge in [0.25, 0.3) is 5.89 Å². The van der Waals surface area contributed by atoms with Crippen molar-refractivity contribution in [3.05, 3.63) is 96.1 Å². The van der Waals surface area contributed by atoms with Gasteiger partial charge in [0.2, 0.25) is 5.89 Å². The van der Waals surface area contributed by atoms with E-state index < -0.39 is 0 Å². The molecule has 1 fully saturated rings. The minimum Gasteiger partial charge on any atom is -0.459 e. The molecule has 0 bridgehead atoms. The normalized spacial score (nSPS) is 15.6. The van der Waals surface area contributed by atoms with Gasteiger partial charge >= 0.3 is 0 Å². The van der Waals surface area contributed by atoms with Crippen molar-refractivity contribution in [1.29, 1.82) is 0 Å². The monoisotopic (exact) mass is 400 g/mol. The summed E-state index contributed by atoms with van der Waals surface area (Å²) in [5, 5.41) is 8.28. The molecule has 1 saturated heterocycles. The zero-order valence-corrected chi connectivity index (χ0v) is 16.7. The van der Waals surface area contributed by atoms with Crippen LogP contribution >= 0.6 is 0 Å². The quantitative estimate of drug-likeness (QED) is 0.483. The molecule has 0 radical (unpaired) electrons. The van der Waals surface area contributed by atoms with E-state index in [1.54, 1.807) is 6.26 Å². The number of nitrogens with zero attached hydrogens (tertiary/aromatic N) is 4. The van der Waals surface area contributed by atoms with Gasteiger partial charge in [-0.15, -0.1) is 10.2 Å². The largest absolute Gasteiger partial charge is 0.459 e. The number of piperazine rings is 1. The molecule has 0 spiro atoms. The van der Waals surface area contributed by atoms with Crippen LogP contribution in [0.3, 0.4) is 0 Å². The highest BCUT2D eigenvalue weighted by Gasteiger charge is 2.27. The lowest BCUT2D eigenvalue weighted by atomic mass is 9.96. The number of hydrogen-bond donors (Lipinski definition) is 0. The average Bonchev–Trinajstić information content (AvgIpc) is 3.49. The minimum atomic E-state index is 0.267. The number of furan rings is 1. The summed E-state index contributed by atoms with van der Waals surface area (Å²) in [5.74, 6) is 1.66. The molecule has 4 aromatic rings. The first-order valence-electron chi connectivity index (χ1n) is 10.3. The first-order valence-corrected chi connectivity index (χ1v) is 10.3. The van der Waals surface area contributed by atoms with Crippen molar-refractivity contribution in [1.82, 2.24) is 20.0 Å². The van der Waals surface area contributed by atoms with E-state index in [1.807, 2.05) is 12.1 Å². The van der Waals surface area contributed by atoms with Crippen LogP contribution in [-0.4, -0.2) is 46.2 Å². The first-order chi connectivity index (χ1) is 14.9. The van der Waals surface area contributed by atoms with E-state index in [-0.39, 0.29) is 6.04 Å². The van der Waals surface area contributed by atoms with Gasteiger partial charge in [0, 0.05) is 26.2 Å². The van der Waals surface area contributed by atoms with Crippen LogP contribution in [-0.2, 0) is 6.54 Å². The van der Waals surface area contributed by atoms with Gasteiger partial charge in [-0.05, 0) is 23.3 Å². The van der Waals surface area contributed by atoms with Crippen LogP contribution in [0.2, 0.25) is 0 Å². The average molecular weight is 400 g/mol. The van der Waals surface area contributed by atoms with Crippen molar-refractivity contribution < 1.29 is 8.83 Å². The molecule has 30 heavy (non-hydrogen) atoms. The Balaban J connectivity index is 1.26. The molecule has 0 N–H and O–H groups in total. The molecular formula is C24H24N4O2. The Morgan fingerprint density at radius 1 is 0.767 bits per heavy atom. The lowest BCUT2D eigenvalue weighted by molar-refractivity contribution is 0.0985. The Morgan fingerprint density at radius 3 is 2.03 bits per heavy atom. The fourth-order valence-corrected chi connectivity index (χ4v) is 4.07. The minimum absolute atomic E-state index is 0.267. The van der Waals surface area contributed by atoms with Gasteiger partial charge in [0.15, 0.2) is 5.76 Å². The van der Waals surface area contributed by atoms with E-state index in [2.05, 4.69) is 80.7 Å². The van der Waals surface area contributed by atoms with Gasteiger partial charge in [-0.1, -0.05) is 60.7 Å². The number of hydrogen-bond acceptors (Lipinski definition) is 6. The van der Waals surface area contributed by atoms with Gasteiger partial charge in [-0.2, -0.15) is 0 Å². The van der Waals surface area contributed by atoms with Crippen LogP contribution in [0.4, 0.5) is 0 Å². The van der Waals surface area contributed by atoms with E-state index in [1.165, 1.54) is 11.1 Å². The van der Waals surface area contributed by atoms with E-state index in [4.69, 9.17) is 8.83 Å². The molecule has 0 unspecified atom stereocenters. The predicted octanol–water partition coefficient (Wildman–Crippen LogP) is 4.24. The third kappa shape index (κ3) is 4.06. The number of benzene rings is 2. The third-order valence-electron chi connectivity index (χ3n) is 5.56. The molecule has 0 aliphatic carbocycles. The smallest absolute Gasteiger partial charge is 0.283 e. The van der Waals surface area contributed by atoms with Crippen LogP contribution in [0.25, 0.3) is 11.7 Å². The lowest BCUT2D eigenvalue weighted by Gasteiger charge is -2.39. The van der Waals surface area contributed by atoms with Crippen LogP contribution in [0, 0.1) is 0 Å². The maximum absolute atomic E-state index is 5.77. The molecule has 2 aromatic carbocycles. The molecule has 6 nitrogen and oxygen atoms in total. The molecule has 6 heteroatoms. The lowest BCUT2D eigenvalue weighted by Crippen LogP contribution is -2.47. The number of rotatable bonds is 6. The molecule has 2 aromatic heterocycles. The van der Waals surface area contributed by atoms with Crippen LogP contribution < -0.4 is 0 Å². The highest BCUT2D eigenvalue weighted by Crippen LogP contribution is 2.29. The molecule has 1 aliphatic heterocycles. The van der Waals surface area contributed by atoms with Crippen LogP contribution in [0.1, 0.15) is 23.1 Å². The Morgan fingerprint density at radius 2 is 1.43 bits per heavy atom. The molecule has 3 heterocycles. The molecule has 0 atom stereocenters. The second kappa shape index (κ2) is 8.65. The van der Waals surface area contributed by atoms with Gasteiger partial charge in [-0.25, -0.2) is 0 Å². The molecule has 1 aliphatic rings. The zero-order valence-electron chi connectivity index (χ0n) is 16.7. The van der Waals surface area contributed by atoms with Crippen molar-refractivity contribution in [2.45, 2.75) is 12.6 Å². The summed E-state index contributed by atoms with van der Waals surface area (Å²) in [6.45, 7) is 4.52. The summed E-state index contributed by atoms with van der Waals surface area (Å²) in [7, 11) is 0. The van der Waals surface area contributed by atoms with Gasteiger partial charge in [-0.3, -0.25) is 9.80 Å². The predicted molar refractivity (Wildman–Crippen MR) is 114 cm³/mol. The van der Waals surface area contributed by atoms with Crippen molar-refractivity contribution >= 4 is 0 Å². The second-order valence-corrected chi connectivity index (χ2v) is 7.51. The Kier molecular flexibility index (Phi) is 5.42. The van der Waals surface area contributed by atoms with E-state index >= 15 is 0 Å². The highest BCUT2D eigenvalue weighted by atomic mass is 16.4. The molecule has 5 rings (SSSR count). The Hall–Kier alpha value is -3.22. The highest BCUT2D eigenvalue weighted by molar-refractivity contribution is 5.42. The van der Waals surface area contributed by atoms with Crippen molar-refractivity contribution in [2.24, 2.45) is 0 Å². The summed E-state index contributed by atoms with van der Waals surface area (Å²) in [4.78, 5) is 4.92. The van der Waals surface area contributed by atoms with E-state index in [0.29, 0.717) is 24.1 Å². The van der Waals surface area contributed by atoms with Gasteiger partial charge in [0.1, 0.15) is 0 Å². The van der Waals surface area contributed by atoms with Gasteiger partial charge < -0.3 is 8.83 Å². The van der Waals surface area contributed by atoms with Crippen molar-refractivity contribution in [3.63, 3.8) is 0 Å². The van der Waals surface area contributed by atoms with E-state index in [9.17, 15) is 0 Å². The maximum atomic E-state index is 5.77. The van der Waals surface area contributed by atoms with Crippen LogP contribution in [0.5, 0.6) is 0 Å². The second-order valence-electron chi connectivity index (χ2n) is 7.51. The molecule has 0 amide bonds. The molecule has 0 saturated carbocycles. The maximum Gasteiger partial charge on any atom is 0.283 e. The van der Waals surface area contributed by atoms with Gasteiger partial charge in [0.05, 0.1) is 18.8 Å². The summed E-state index contributed by atoms with van der Waals surface area (Å²) in [6.07, 6.45) is 1.61. The summed E-state index contributed by atoms with van der Waals surface area (Å²) >= 11 is 0. The molecular weight excluding hydrogens is 376 g/mol.